The summed E-state index contributed by atoms with van der Waals surface area (Å²) in [6.07, 6.45) is 12.4. The molecule has 1 saturated heterocycles. The first-order valence-corrected chi connectivity index (χ1v) is 16.8. The summed E-state index contributed by atoms with van der Waals surface area (Å²) in [5, 5.41) is 14.1. The second kappa shape index (κ2) is 11.8. The average molecular weight is 638 g/mol. The Kier molecular flexibility index (Phi) is 7.47. The number of carbonyl (C=O) groups is 1. The van der Waals surface area contributed by atoms with Gasteiger partial charge in [0.15, 0.2) is 5.65 Å². The van der Waals surface area contributed by atoms with Gasteiger partial charge in [0.25, 0.3) is 5.91 Å². The molecule has 0 bridgehead atoms. The Labute approximate surface area is 270 Å². The summed E-state index contributed by atoms with van der Waals surface area (Å²) in [5.74, 6) is 0.0914. The number of thiophene rings is 1. The van der Waals surface area contributed by atoms with Crippen molar-refractivity contribution in [1.29, 1.82) is 0 Å². The molecule has 1 aromatic carbocycles. The predicted molar refractivity (Wildman–Crippen MR) is 180 cm³/mol. The van der Waals surface area contributed by atoms with Gasteiger partial charge in [0.1, 0.15) is 11.6 Å². The quantitative estimate of drug-likeness (QED) is 0.248. The van der Waals surface area contributed by atoms with Crippen LogP contribution in [0.25, 0.3) is 16.8 Å². The number of rotatable bonds is 6. The zero-order valence-corrected chi connectivity index (χ0v) is 26.6. The summed E-state index contributed by atoms with van der Waals surface area (Å²) in [6, 6.07) is 8.74. The van der Waals surface area contributed by atoms with Crippen LogP contribution in [0.4, 0.5) is 27.3 Å². The number of carbonyl (C=O) groups excluding carboxylic acids is 1. The van der Waals surface area contributed by atoms with Gasteiger partial charge in [-0.2, -0.15) is 0 Å². The molecular formula is C35H36FN7O2S. The molecule has 0 radical (unpaired) electrons. The van der Waals surface area contributed by atoms with Crippen molar-refractivity contribution in [3.8, 4) is 11.1 Å². The van der Waals surface area contributed by atoms with E-state index in [2.05, 4.69) is 38.2 Å². The lowest BCUT2D eigenvalue weighted by atomic mass is 9.91. The van der Waals surface area contributed by atoms with Gasteiger partial charge in [0, 0.05) is 67.3 Å². The van der Waals surface area contributed by atoms with Crippen LogP contribution in [0.15, 0.2) is 55.1 Å². The Morgan fingerprint density at radius 2 is 1.85 bits per heavy atom. The van der Waals surface area contributed by atoms with Gasteiger partial charge >= 0.3 is 0 Å². The van der Waals surface area contributed by atoms with Crippen LogP contribution in [0.1, 0.15) is 44.1 Å². The highest BCUT2D eigenvalue weighted by Gasteiger charge is 2.33. The fourth-order valence-electron chi connectivity index (χ4n) is 7.15. The molecule has 1 fully saturated rings. The van der Waals surface area contributed by atoms with Crippen molar-refractivity contribution in [1.82, 2.24) is 19.3 Å². The second-order valence-electron chi connectivity index (χ2n) is 12.5. The number of amides is 1. The summed E-state index contributed by atoms with van der Waals surface area (Å²) in [7, 11) is 2.14. The van der Waals surface area contributed by atoms with Crippen LogP contribution >= 0.6 is 11.3 Å². The predicted octanol–water partition coefficient (Wildman–Crippen LogP) is 5.67. The zero-order chi connectivity index (χ0) is 31.4. The van der Waals surface area contributed by atoms with Gasteiger partial charge in [-0.25, -0.2) is 14.4 Å². The molecule has 1 aliphatic carbocycles. The van der Waals surface area contributed by atoms with E-state index in [1.54, 1.807) is 22.4 Å². The first kappa shape index (κ1) is 29.1. The van der Waals surface area contributed by atoms with Gasteiger partial charge in [0.2, 0.25) is 0 Å². The molecule has 3 aliphatic rings. The number of nitrogens with zero attached hydrogens (tertiary/aromatic N) is 6. The van der Waals surface area contributed by atoms with E-state index in [1.165, 1.54) is 28.1 Å². The Bertz CT molecular complexity index is 1940. The highest BCUT2D eigenvalue weighted by Crippen LogP contribution is 2.41. The smallest absolute Gasteiger partial charge is 0.268 e. The number of benzene rings is 1. The number of aliphatic hydroxyl groups is 1. The molecule has 5 aromatic rings. The van der Waals surface area contributed by atoms with Gasteiger partial charge in [-0.05, 0) is 86.2 Å². The van der Waals surface area contributed by atoms with Crippen LogP contribution in [-0.4, -0.2) is 70.1 Å². The number of hydrogen-bond donors (Lipinski definition) is 2. The normalized spacial score (nSPS) is 17.0. The maximum atomic E-state index is 15.4. The third-order valence-electron chi connectivity index (χ3n) is 9.62. The van der Waals surface area contributed by atoms with Crippen molar-refractivity contribution in [2.24, 2.45) is 0 Å². The Hall–Kier alpha value is -4.32. The number of hydrogen-bond acceptors (Lipinski definition) is 8. The molecule has 1 amide bonds. The lowest BCUT2D eigenvalue weighted by molar-refractivity contribution is 0.0984. The van der Waals surface area contributed by atoms with Crippen molar-refractivity contribution in [2.45, 2.75) is 38.7 Å². The standard InChI is InChI=1S/C35H36FN7O2S/c1-40-12-14-41(15-13-40)24-6-7-32(38-19-24)39-29-16-22(20-42-11-9-37-34(29)42)27-17-23(36)18-30(28(27)21-44)43-10-8-26-25-4-2-3-5-31(25)46-33(26)35(43)45/h6-7,9,11,16-20,44H,2-5,8,10,12-15,21H2,1H3,(H,38,39). The van der Waals surface area contributed by atoms with E-state index in [4.69, 9.17) is 0 Å². The molecule has 0 spiro atoms. The Balaban J connectivity index is 1.13. The average Bonchev–Trinajstić information content (AvgIpc) is 3.71. The summed E-state index contributed by atoms with van der Waals surface area (Å²) in [5.41, 5.74) is 7.15. The van der Waals surface area contributed by atoms with Gasteiger partial charge in [-0.3, -0.25) is 4.79 Å². The van der Waals surface area contributed by atoms with Crippen LogP contribution in [0, 0.1) is 5.82 Å². The summed E-state index contributed by atoms with van der Waals surface area (Å²) >= 11 is 1.60. The maximum Gasteiger partial charge on any atom is 0.268 e. The highest BCUT2D eigenvalue weighted by atomic mass is 32.1. The molecule has 0 unspecified atom stereocenters. The second-order valence-corrected chi connectivity index (χ2v) is 13.6. The minimum atomic E-state index is -0.465. The molecular weight excluding hydrogens is 601 g/mol. The number of aromatic nitrogens is 3. The van der Waals surface area contributed by atoms with Gasteiger partial charge < -0.3 is 29.5 Å². The summed E-state index contributed by atoms with van der Waals surface area (Å²) < 4.78 is 17.3. The van der Waals surface area contributed by atoms with Crippen molar-refractivity contribution >= 4 is 45.8 Å². The van der Waals surface area contributed by atoms with Crippen molar-refractivity contribution in [2.75, 3.05) is 54.9 Å². The Morgan fingerprint density at radius 1 is 1.00 bits per heavy atom. The topological polar surface area (TPSA) is 89.2 Å². The third kappa shape index (κ3) is 5.12. The number of fused-ring (bicyclic) bond motifs is 4. The highest BCUT2D eigenvalue weighted by molar-refractivity contribution is 7.14. The SMILES string of the molecule is CN1CCN(c2ccc(Nc3cc(-c4cc(F)cc(N5CCc6c(sc7c6CCCC7)C5=O)c4CO)cn4ccnc34)nc2)CC1. The van der Waals surface area contributed by atoms with Crippen LogP contribution in [0.3, 0.4) is 0 Å². The van der Waals surface area contributed by atoms with Crippen LogP contribution < -0.4 is 15.1 Å². The lowest BCUT2D eigenvalue weighted by Crippen LogP contribution is -2.44. The molecule has 8 rings (SSSR count). The van der Waals surface area contributed by atoms with E-state index in [1.807, 2.05) is 35.1 Å². The Morgan fingerprint density at radius 3 is 2.65 bits per heavy atom. The minimum absolute atomic E-state index is 0.106. The van der Waals surface area contributed by atoms with E-state index in [-0.39, 0.29) is 12.5 Å². The van der Waals surface area contributed by atoms with E-state index in [0.717, 1.165) is 68.8 Å². The number of piperazine rings is 1. The van der Waals surface area contributed by atoms with Crippen LogP contribution in [-0.2, 0) is 25.9 Å². The molecule has 4 aromatic heterocycles. The fourth-order valence-corrected chi connectivity index (χ4v) is 8.54. The molecule has 11 heteroatoms. The summed E-state index contributed by atoms with van der Waals surface area (Å²) in [4.78, 5) is 31.5. The zero-order valence-electron chi connectivity index (χ0n) is 25.8. The maximum absolute atomic E-state index is 15.4. The summed E-state index contributed by atoms with van der Waals surface area (Å²) in [6.45, 7) is 4.07. The van der Waals surface area contributed by atoms with Gasteiger partial charge in [0.05, 0.1) is 34.7 Å². The molecule has 2 N–H and O–H groups in total. The van der Waals surface area contributed by atoms with E-state index in [0.29, 0.717) is 46.1 Å². The number of likely N-dealkylation sites (N-methyl/N-ethyl adjacent to an activating group) is 1. The lowest BCUT2D eigenvalue weighted by Gasteiger charge is -2.33. The van der Waals surface area contributed by atoms with Crippen molar-refractivity contribution in [3.05, 3.63) is 87.4 Å². The number of pyridine rings is 2. The van der Waals surface area contributed by atoms with Crippen molar-refractivity contribution in [3.63, 3.8) is 0 Å². The molecule has 0 atom stereocenters. The number of anilines is 4. The molecule has 0 saturated carbocycles. The number of aryl methyl sites for hydroxylation is 1. The number of nitrogens with one attached hydrogen (secondary N) is 1. The van der Waals surface area contributed by atoms with E-state index in [9.17, 15) is 9.90 Å². The first-order chi connectivity index (χ1) is 22.5. The monoisotopic (exact) mass is 637 g/mol. The molecule has 236 valence electrons. The van der Waals surface area contributed by atoms with Crippen LogP contribution in [0.2, 0.25) is 0 Å². The van der Waals surface area contributed by atoms with Crippen molar-refractivity contribution < 1.29 is 14.3 Å². The third-order valence-corrected chi connectivity index (χ3v) is 10.9. The van der Waals surface area contributed by atoms with E-state index >= 15 is 4.39 Å². The molecule has 2 aliphatic heterocycles. The molecule has 6 heterocycles. The largest absolute Gasteiger partial charge is 0.392 e. The van der Waals surface area contributed by atoms with Gasteiger partial charge in [-0.15, -0.1) is 11.3 Å². The fraction of sp³-hybridized carbons (Fsp3) is 0.343. The van der Waals surface area contributed by atoms with Gasteiger partial charge in [-0.1, -0.05) is 0 Å². The number of halogens is 1. The van der Waals surface area contributed by atoms with Crippen LogP contribution in [0.5, 0.6) is 0 Å². The molecule has 46 heavy (non-hydrogen) atoms. The van der Waals surface area contributed by atoms with E-state index < -0.39 is 5.82 Å². The number of aliphatic hydroxyl groups excluding tert-OH is 1. The number of imidazole rings is 1. The first-order valence-electron chi connectivity index (χ1n) is 16.0. The minimum Gasteiger partial charge on any atom is -0.392 e. The molecule has 9 nitrogen and oxygen atoms in total.